The monoisotopic (exact) mass is 397 g/mol. The van der Waals surface area contributed by atoms with E-state index in [2.05, 4.69) is 25.3 Å². The Balaban J connectivity index is 1.53. The molecular weight excluding hydrogens is 378 g/mol. The van der Waals surface area contributed by atoms with E-state index in [-0.39, 0.29) is 11.4 Å². The molecule has 0 unspecified atom stereocenters. The predicted molar refractivity (Wildman–Crippen MR) is 103 cm³/mol. The zero-order valence-corrected chi connectivity index (χ0v) is 16.2. The van der Waals surface area contributed by atoms with Crippen LogP contribution in [0, 0.1) is 25.2 Å². The van der Waals surface area contributed by atoms with Gasteiger partial charge in [-0.15, -0.1) is 10.2 Å². The Morgan fingerprint density at radius 3 is 2.39 bits per heavy atom. The van der Waals surface area contributed by atoms with E-state index in [4.69, 9.17) is 5.26 Å². The largest absolute Gasteiger partial charge is 0.367 e. The van der Waals surface area contributed by atoms with Crippen molar-refractivity contribution in [3.63, 3.8) is 0 Å². The van der Waals surface area contributed by atoms with Gasteiger partial charge in [0.2, 0.25) is 10.0 Å². The first kappa shape index (κ1) is 19.5. The van der Waals surface area contributed by atoms with E-state index in [1.54, 1.807) is 16.8 Å². The number of nitriles is 1. The van der Waals surface area contributed by atoms with Crippen LogP contribution < -0.4 is 10.0 Å². The van der Waals surface area contributed by atoms with Crippen molar-refractivity contribution in [3.8, 4) is 11.9 Å². The second-order valence-corrected chi connectivity index (χ2v) is 7.84. The average Bonchev–Trinajstić information content (AvgIpc) is 3.04. The van der Waals surface area contributed by atoms with E-state index >= 15 is 0 Å². The van der Waals surface area contributed by atoms with Gasteiger partial charge in [0.05, 0.1) is 22.2 Å². The Kier molecular flexibility index (Phi) is 5.67. The molecule has 0 bridgehead atoms. The van der Waals surface area contributed by atoms with Crippen molar-refractivity contribution in [1.29, 1.82) is 5.26 Å². The third-order valence-corrected chi connectivity index (χ3v) is 5.37. The summed E-state index contributed by atoms with van der Waals surface area (Å²) in [5, 5.41) is 24.4. The summed E-state index contributed by atoms with van der Waals surface area (Å²) in [5.41, 5.74) is 2.27. The van der Waals surface area contributed by atoms with E-state index in [0.717, 1.165) is 11.4 Å². The van der Waals surface area contributed by atoms with Gasteiger partial charge >= 0.3 is 0 Å². The summed E-state index contributed by atoms with van der Waals surface area (Å²) >= 11 is 0. The van der Waals surface area contributed by atoms with E-state index in [9.17, 15) is 8.42 Å². The molecule has 0 aliphatic heterocycles. The van der Waals surface area contributed by atoms with Crippen LogP contribution in [0.3, 0.4) is 0 Å². The Bertz CT molecular complexity index is 1100. The minimum atomic E-state index is -3.63. The van der Waals surface area contributed by atoms with Crippen LogP contribution in [-0.2, 0) is 10.0 Å². The molecule has 0 radical (unpaired) electrons. The van der Waals surface area contributed by atoms with Gasteiger partial charge in [-0.05, 0) is 56.3 Å². The Morgan fingerprint density at radius 1 is 1.07 bits per heavy atom. The molecule has 2 aromatic heterocycles. The summed E-state index contributed by atoms with van der Waals surface area (Å²) in [7, 11) is -3.63. The number of aryl methyl sites for hydroxylation is 2. The standard InChI is InChI=1S/C18H19N7O2S/c1-13-11-14(2)25(24-13)18-8-7-17(22-23-18)20-9-10-21-28(26,27)16-5-3-15(12-19)4-6-16/h3-8,11,21H,9-10H2,1-2H3,(H,20,22). The second-order valence-electron chi connectivity index (χ2n) is 6.08. The number of anilines is 1. The molecule has 10 heteroatoms. The first-order valence-corrected chi connectivity index (χ1v) is 9.98. The Morgan fingerprint density at radius 2 is 1.82 bits per heavy atom. The molecule has 0 amide bonds. The number of hydrogen-bond donors (Lipinski definition) is 2. The molecule has 1 aromatic carbocycles. The van der Waals surface area contributed by atoms with Crippen LogP contribution in [0.1, 0.15) is 17.0 Å². The van der Waals surface area contributed by atoms with Crippen molar-refractivity contribution < 1.29 is 8.42 Å². The van der Waals surface area contributed by atoms with Crippen LogP contribution in [0.4, 0.5) is 5.82 Å². The van der Waals surface area contributed by atoms with Crippen LogP contribution in [0.5, 0.6) is 0 Å². The van der Waals surface area contributed by atoms with E-state index < -0.39 is 10.0 Å². The Labute approximate surface area is 163 Å². The second kappa shape index (κ2) is 8.16. The van der Waals surface area contributed by atoms with Gasteiger partial charge in [0.25, 0.3) is 0 Å². The number of benzene rings is 1. The molecule has 144 valence electrons. The summed E-state index contributed by atoms with van der Waals surface area (Å²) in [6, 6.07) is 13.2. The van der Waals surface area contributed by atoms with Gasteiger partial charge in [-0.2, -0.15) is 10.4 Å². The fourth-order valence-corrected chi connectivity index (χ4v) is 3.59. The fourth-order valence-electron chi connectivity index (χ4n) is 2.56. The summed E-state index contributed by atoms with van der Waals surface area (Å²) in [6.45, 7) is 4.35. The third kappa shape index (κ3) is 4.51. The van der Waals surface area contributed by atoms with Crippen molar-refractivity contribution in [1.82, 2.24) is 24.7 Å². The molecule has 0 aliphatic carbocycles. The highest BCUT2D eigenvalue weighted by Crippen LogP contribution is 2.11. The number of aromatic nitrogens is 4. The van der Waals surface area contributed by atoms with Crippen LogP contribution >= 0.6 is 0 Å². The number of sulfonamides is 1. The quantitative estimate of drug-likeness (QED) is 0.579. The van der Waals surface area contributed by atoms with Gasteiger partial charge < -0.3 is 5.32 Å². The van der Waals surface area contributed by atoms with Crippen LogP contribution in [0.2, 0.25) is 0 Å². The van der Waals surface area contributed by atoms with Crippen molar-refractivity contribution in [2.45, 2.75) is 18.7 Å². The van der Waals surface area contributed by atoms with Gasteiger partial charge in [0.1, 0.15) is 5.82 Å². The van der Waals surface area contributed by atoms with Gasteiger partial charge in [-0.1, -0.05) is 0 Å². The topological polar surface area (TPSA) is 126 Å². The minimum Gasteiger partial charge on any atom is -0.367 e. The van der Waals surface area contributed by atoms with Crippen molar-refractivity contribution >= 4 is 15.8 Å². The number of nitrogens with one attached hydrogen (secondary N) is 2. The molecule has 2 heterocycles. The molecular formula is C18H19N7O2S. The van der Waals surface area contributed by atoms with Gasteiger partial charge in [0, 0.05) is 18.8 Å². The van der Waals surface area contributed by atoms with Crippen LogP contribution in [0.15, 0.2) is 47.4 Å². The third-order valence-electron chi connectivity index (χ3n) is 3.89. The number of rotatable bonds is 7. The lowest BCUT2D eigenvalue weighted by Gasteiger charge is -2.09. The number of hydrogen-bond acceptors (Lipinski definition) is 7. The summed E-state index contributed by atoms with van der Waals surface area (Å²) in [5.74, 6) is 1.14. The highest BCUT2D eigenvalue weighted by atomic mass is 32.2. The van der Waals surface area contributed by atoms with E-state index in [1.165, 1.54) is 24.3 Å². The molecule has 0 spiro atoms. The Hall–Kier alpha value is -3.29. The van der Waals surface area contributed by atoms with Gasteiger partial charge in [-0.25, -0.2) is 17.8 Å². The maximum atomic E-state index is 12.2. The molecule has 0 atom stereocenters. The van der Waals surface area contributed by atoms with E-state index in [1.807, 2.05) is 26.0 Å². The molecule has 0 aliphatic rings. The SMILES string of the molecule is Cc1cc(C)n(-c2ccc(NCCNS(=O)(=O)c3ccc(C#N)cc3)nn2)n1. The zero-order chi connectivity index (χ0) is 20.1. The molecule has 0 saturated carbocycles. The summed E-state index contributed by atoms with van der Waals surface area (Å²) < 4.78 is 28.6. The lowest BCUT2D eigenvalue weighted by Crippen LogP contribution is -2.29. The maximum Gasteiger partial charge on any atom is 0.240 e. The maximum absolute atomic E-state index is 12.2. The molecule has 28 heavy (non-hydrogen) atoms. The molecule has 0 saturated heterocycles. The first-order valence-electron chi connectivity index (χ1n) is 8.50. The number of nitrogens with zero attached hydrogens (tertiary/aromatic N) is 5. The molecule has 9 nitrogen and oxygen atoms in total. The molecule has 3 rings (SSSR count). The smallest absolute Gasteiger partial charge is 0.240 e. The van der Waals surface area contributed by atoms with Crippen molar-refractivity contribution in [2.75, 3.05) is 18.4 Å². The van der Waals surface area contributed by atoms with Crippen molar-refractivity contribution in [2.24, 2.45) is 0 Å². The predicted octanol–water partition coefficient (Wildman–Crippen LogP) is 1.54. The summed E-state index contributed by atoms with van der Waals surface area (Å²) in [6.07, 6.45) is 0. The van der Waals surface area contributed by atoms with E-state index in [0.29, 0.717) is 23.7 Å². The van der Waals surface area contributed by atoms with Crippen LogP contribution in [0.25, 0.3) is 5.82 Å². The molecule has 3 aromatic rings. The molecule has 2 N–H and O–H groups in total. The first-order chi connectivity index (χ1) is 13.4. The highest BCUT2D eigenvalue weighted by Gasteiger charge is 2.13. The minimum absolute atomic E-state index is 0.112. The summed E-state index contributed by atoms with van der Waals surface area (Å²) in [4.78, 5) is 0.112. The van der Waals surface area contributed by atoms with Gasteiger partial charge in [-0.3, -0.25) is 0 Å². The zero-order valence-electron chi connectivity index (χ0n) is 15.4. The average molecular weight is 397 g/mol. The highest BCUT2D eigenvalue weighted by molar-refractivity contribution is 7.89. The fraction of sp³-hybridized carbons (Fsp3) is 0.222. The molecule has 0 fully saturated rings. The lowest BCUT2D eigenvalue weighted by atomic mass is 10.2. The van der Waals surface area contributed by atoms with Crippen LogP contribution in [-0.4, -0.2) is 41.5 Å². The van der Waals surface area contributed by atoms with Gasteiger partial charge in [0.15, 0.2) is 5.82 Å². The lowest BCUT2D eigenvalue weighted by molar-refractivity contribution is 0.583. The van der Waals surface area contributed by atoms with Crippen molar-refractivity contribution in [3.05, 3.63) is 59.4 Å². The normalized spacial score (nSPS) is 11.2.